The summed E-state index contributed by atoms with van der Waals surface area (Å²) in [5.74, 6) is -11.0. The molecule has 4 rings (SSSR count). The Labute approximate surface area is 257 Å². The van der Waals surface area contributed by atoms with E-state index >= 15 is 0 Å². The number of halogens is 11. The van der Waals surface area contributed by atoms with Crippen molar-refractivity contribution < 1.29 is 40.7 Å². The van der Waals surface area contributed by atoms with Crippen LogP contribution in [-0.2, 0) is 9.59 Å². The Bertz CT molecular complexity index is 1610. The summed E-state index contributed by atoms with van der Waals surface area (Å²) in [6, 6.07) is 6.46. The zero-order valence-electron chi connectivity index (χ0n) is 20.1. The van der Waals surface area contributed by atoms with Crippen molar-refractivity contribution in [1.82, 2.24) is 0 Å². The molecule has 0 aromatic heterocycles. The Morgan fingerprint density at radius 2 is 1.40 bits per heavy atom. The molecule has 0 bridgehead atoms. The molecule has 3 N–H and O–H groups in total. The molecule has 3 amide bonds. The molecular formula is C25H12Cl5F6N3O3. The highest BCUT2D eigenvalue weighted by atomic mass is 35.5. The molecule has 2 atom stereocenters. The third kappa shape index (κ3) is 6.37. The summed E-state index contributed by atoms with van der Waals surface area (Å²) >= 11 is 30.7. The Hall–Kier alpha value is -2.90. The summed E-state index contributed by atoms with van der Waals surface area (Å²) in [6.07, 6.45) is -5.39. The molecule has 0 aliphatic heterocycles. The topological polar surface area (TPSA) is 87.3 Å². The lowest BCUT2D eigenvalue weighted by Gasteiger charge is -2.14. The Balaban J connectivity index is 1.53. The Morgan fingerprint density at radius 3 is 2.00 bits per heavy atom. The molecule has 6 nitrogen and oxygen atoms in total. The van der Waals surface area contributed by atoms with Crippen LogP contribution in [-0.4, -0.2) is 28.2 Å². The van der Waals surface area contributed by atoms with Crippen LogP contribution in [0.3, 0.4) is 0 Å². The second kappa shape index (κ2) is 11.6. The molecule has 0 unspecified atom stereocenters. The van der Waals surface area contributed by atoms with Crippen molar-refractivity contribution in [3.63, 3.8) is 0 Å². The number of amides is 3. The fourth-order valence-corrected chi connectivity index (χ4v) is 5.40. The zero-order valence-corrected chi connectivity index (χ0v) is 23.9. The minimum atomic E-state index is -5.39. The number of hydrogen-bond acceptors (Lipinski definition) is 3. The molecule has 3 aromatic rings. The number of carbonyl (C=O) groups is 3. The van der Waals surface area contributed by atoms with E-state index < -0.39 is 74.5 Å². The number of alkyl halides is 5. The molecule has 1 fully saturated rings. The van der Waals surface area contributed by atoms with Crippen LogP contribution in [0.4, 0.5) is 43.4 Å². The second-order valence-electron chi connectivity index (χ2n) is 8.80. The van der Waals surface area contributed by atoms with E-state index in [4.69, 9.17) is 58.0 Å². The maximum absolute atomic E-state index is 14.7. The first kappa shape index (κ1) is 32.0. The molecule has 42 heavy (non-hydrogen) atoms. The minimum absolute atomic E-state index is 0.0770. The van der Waals surface area contributed by atoms with Gasteiger partial charge in [-0.25, -0.2) is 13.2 Å². The van der Waals surface area contributed by atoms with E-state index in [2.05, 4.69) is 5.32 Å². The van der Waals surface area contributed by atoms with Crippen molar-refractivity contribution in [1.29, 1.82) is 0 Å². The standard InChI is InChI=1S/C25H12Cl5F6N3O3/c26-11-5-8(6-12(27)18(11)28)16-17(24(16,29)30)22(41)37-9-1-2-13(31)10(7-9)21(40)39-20-14(32)3-4-15(19(20)33)38-23(42)25(34,35)36/h1-7,16-17H,(H,37,41)(H,38,42)(H,39,40)/t16-,17+/m0/s1. The van der Waals surface area contributed by atoms with Gasteiger partial charge in [-0.2, -0.15) is 13.2 Å². The monoisotopic (exact) mass is 691 g/mol. The molecule has 0 heterocycles. The summed E-state index contributed by atoms with van der Waals surface area (Å²) in [6.45, 7) is 0. The average molecular weight is 694 g/mol. The molecule has 222 valence electrons. The molecule has 0 spiro atoms. The molecule has 3 aromatic carbocycles. The largest absolute Gasteiger partial charge is 0.471 e. The number of hydrogen-bond donors (Lipinski definition) is 3. The van der Waals surface area contributed by atoms with Gasteiger partial charge < -0.3 is 16.0 Å². The zero-order chi connectivity index (χ0) is 31.3. The van der Waals surface area contributed by atoms with Crippen LogP contribution in [0, 0.1) is 23.4 Å². The maximum Gasteiger partial charge on any atom is 0.471 e. The Morgan fingerprint density at radius 1 is 0.810 bits per heavy atom. The molecule has 1 aliphatic carbocycles. The minimum Gasteiger partial charge on any atom is -0.326 e. The summed E-state index contributed by atoms with van der Waals surface area (Å²) < 4.78 is 79.4. The third-order valence-electron chi connectivity index (χ3n) is 6.02. The lowest BCUT2D eigenvalue weighted by atomic mass is 10.1. The van der Waals surface area contributed by atoms with E-state index in [9.17, 15) is 40.7 Å². The molecule has 1 saturated carbocycles. The first-order valence-corrected chi connectivity index (χ1v) is 13.1. The predicted octanol–water partition coefficient (Wildman–Crippen LogP) is 8.34. The summed E-state index contributed by atoms with van der Waals surface area (Å²) in [5, 5.41) is 5.56. The first-order valence-electron chi connectivity index (χ1n) is 11.2. The number of rotatable bonds is 6. The van der Waals surface area contributed by atoms with Crippen LogP contribution in [0.15, 0.2) is 42.5 Å². The fraction of sp³-hybridized carbons (Fsp3) is 0.160. The van der Waals surface area contributed by atoms with Gasteiger partial charge in [0.1, 0.15) is 21.7 Å². The van der Waals surface area contributed by atoms with Crippen LogP contribution in [0.1, 0.15) is 21.8 Å². The lowest BCUT2D eigenvalue weighted by Crippen LogP contribution is -2.30. The molecule has 1 aliphatic rings. The number of anilines is 3. The van der Waals surface area contributed by atoms with Gasteiger partial charge in [0, 0.05) is 11.6 Å². The van der Waals surface area contributed by atoms with Gasteiger partial charge in [0.05, 0.1) is 32.2 Å². The second-order valence-corrected chi connectivity index (χ2v) is 11.4. The van der Waals surface area contributed by atoms with Gasteiger partial charge >= 0.3 is 12.1 Å². The van der Waals surface area contributed by atoms with Crippen LogP contribution < -0.4 is 16.0 Å². The van der Waals surface area contributed by atoms with E-state index in [1.165, 1.54) is 17.4 Å². The normalized spacial score (nSPS) is 17.4. The van der Waals surface area contributed by atoms with Crippen LogP contribution >= 0.6 is 58.0 Å². The highest BCUT2D eigenvalue weighted by Gasteiger charge is 2.67. The van der Waals surface area contributed by atoms with Gasteiger partial charge in [-0.15, -0.1) is 23.2 Å². The van der Waals surface area contributed by atoms with Gasteiger partial charge in [0.15, 0.2) is 5.82 Å². The predicted molar refractivity (Wildman–Crippen MR) is 146 cm³/mol. The van der Waals surface area contributed by atoms with E-state index in [-0.39, 0.29) is 20.8 Å². The summed E-state index contributed by atoms with van der Waals surface area (Å²) in [4.78, 5) is 36.8. The van der Waals surface area contributed by atoms with E-state index in [0.717, 1.165) is 18.2 Å². The summed E-state index contributed by atoms with van der Waals surface area (Å²) in [7, 11) is 0. The van der Waals surface area contributed by atoms with Gasteiger partial charge in [-0.1, -0.05) is 34.8 Å². The number of nitrogens with one attached hydrogen (secondary N) is 3. The number of benzene rings is 3. The van der Waals surface area contributed by atoms with Crippen molar-refractivity contribution in [2.45, 2.75) is 16.4 Å². The van der Waals surface area contributed by atoms with Crippen LogP contribution in [0.5, 0.6) is 0 Å². The van der Waals surface area contributed by atoms with Crippen molar-refractivity contribution in [3.8, 4) is 0 Å². The van der Waals surface area contributed by atoms with Crippen molar-refractivity contribution in [2.24, 2.45) is 5.92 Å². The summed E-state index contributed by atoms with van der Waals surface area (Å²) in [5.41, 5.74) is -2.95. The van der Waals surface area contributed by atoms with Crippen LogP contribution in [0.2, 0.25) is 15.1 Å². The molecule has 0 saturated heterocycles. The molecule has 17 heteroatoms. The van der Waals surface area contributed by atoms with Crippen molar-refractivity contribution in [3.05, 3.63) is 86.1 Å². The van der Waals surface area contributed by atoms with E-state index in [1.54, 1.807) is 5.32 Å². The smallest absolute Gasteiger partial charge is 0.326 e. The van der Waals surface area contributed by atoms with Gasteiger partial charge in [0.25, 0.3) is 5.91 Å². The average Bonchev–Trinajstić information content (AvgIpc) is 3.48. The maximum atomic E-state index is 14.7. The van der Waals surface area contributed by atoms with Crippen LogP contribution in [0.25, 0.3) is 0 Å². The highest BCUT2D eigenvalue weighted by Crippen LogP contribution is 2.65. The van der Waals surface area contributed by atoms with Gasteiger partial charge in [-0.05, 0) is 48.0 Å². The number of carbonyl (C=O) groups excluding carboxylic acids is 3. The third-order valence-corrected chi connectivity index (χ3v) is 8.15. The quantitative estimate of drug-likeness (QED) is 0.138. The van der Waals surface area contributed by atoms with Gasteiger partial charge in [0.2, 0.25) is 5.91 Å². The SMILES string of the molecule is O=C(Nc1c(F)ccc(NC(=O)C(F)(F)F)c1F)c1cc(NC(=O)[C@H]2[C@H](c3cc(Cl)c(Cl)c(Cl)c3)C2(Cl)Cl)ccc1F. The Kier molecular flexibility index (Phi) is 8.88. The molecule has 0 radical (unpaired) electrons. The van der Waals surface area contributed by atoms with Crippen molar-refractivity contribution >= 4 is 92.8 Å². The fourth-order valence-electron chi connectivity index (χ4n) is 3.96. The molecular weight excluding hydrogens is 682 g/mol. The highest BCUT2D eigenvalue weighted by molar-refractivity contribution is 6.54. The van der Waals surface area contributed by atoms with E-state index in [0.29, 0.717) is 17.7 Å². The lowest BCUT2D eigenvalue weighted by molar-refractivity contribution is -0.167. The van der Waals surface area contributed by atoms with Gasteiger partial charge in [-0.3, -0.25) is 14.4 Å². The first-order chi connectivity index (χ1) is 19.4. The van der Waals surface area contributed by atoms with Crippen molar-refractivity contribution in [2.75, 3.05) is 16.0 Å². The van der Waals surface area contributed by atoms with E-state index in [1.807, 2.05) is 0 Å².